The molecule has 1 aromatic heterocycles. The van der Waals surface area contributed by atoms with Crippen LogP contribution in [0, 0.1) is 0 Å². The van der Waals surface area contributed by atoms with Gasteiger partial charge in [0.1, 0.15) is 11.3 Å². The second kappa shape index (κ2) is 6.23. The minimum atomic E-state index is -4.62. The molecule has 0 aliphatic rings. The molecule has 25 heavy (non-hydrogen) atoms. The summed E-state index contributed by atoms with van der Waals surface area (Å²) >= 11 is 0. The zero-order valence-electron chi connectivity index (χ0n) is 13.6. The van der Waals surface area contributed by atoms with E-state index in [1.54, 1.807) is 0 Å². The summed E-state index contributed by atoms with van der Waals surface area (Å²) in [6.45, 7) is 2.64. The summed E-state index contributed by atoms with van der Waals surface area (Å²) in [5.41, 5.74) is -2.77. The number of hydrogen-bond acceptors (Lipinski definition) is 4. The topological polar surface area (TPSA) is 88.4 Å². The van der Waals surface area contributed by atoms with Crippen molar-refractivity contribution in [2.75, 3.05) is 0 Å². The number of carbonyl (C=O) groups excluding carboxylic acids is 2. The van der Waals surface area contributed by atoms with Crippen molar-refractivity contribution in [3.8, 4) is 5.75 Å². The van der Waals surface area contributed by atoms with Gasteiger partial charge in [-0.1, -0.05) is 0 Å². The van der Waals surface area contributed by atoms with Crippen molar-refractivity contribution in [1.29, 1.82) is 0 Å². The number of aromatic nitrogens is 1. The zero-order chi connectivity index (χ0) is 19.1. The van der Waals surface area contributed by atoms with E-state index in [1.165, 1.54) is 20.9 Å². The van der Waals surface area contributed by atoms with Crippen molar-refractivity contribution in [1.82, 2.24) is 9.88 Å². The number of carbonyl (C=O) groups is 2. The molecule has 134 valence electrons. The number of nitrogens with one attached hydrogen (secondary N) is 1. The number of aromatic hydroxyl groups is 1. The highest BCUT2D eigenvalue weighted by Crippen LogP contribution is 2.33. The van der Waals surface area contributed by atoms with Gasteiger partial charge in [-0.25, -0.2) is 0 Å². The molecule has 0 saturated heterocycles. The van der Waals surface area contributed by atoms with Gasteiger partial charge in [0.2, 0.25) is 0 Å². The molecule has 0 spiro atoms. The maximum Gasteiger partial charge on any atom is 0.416 e. The number of halogens is 3. The molecule has 0 saturated carbocycles. The molecule has 0 aliphatic heterocycles. The average molecular weight is 356 g/mol. The van der Waals surface area contributed by atoms with E-state index in [1.807, 2.05) is 0 Å². The van der Waals surface area contributed by atoms with Crippen LogP contribution in [-0.4, -0.2) is 27.4 Å². The van der Waals surface area contributed by atoms with Crippen molar-refractivity contribution >= 4 is 22.6 Å². The minimum absolute atomic E-state index is 0.0873. The molecule has 1 atom stereocenters. The molecule has 0 bridgehead atoms. The van der Waals surface area contributed by atoms with Gasteiger partial charge in [0, 0.05) is 12.4 Å². The highest BCUT2D eigenvalue weighted by atomic mass is 19.4. The first-order valence-electron chi connectivity index (χ1n) is 7.19. The number of fused-ring (bicyclic) bond motifs is 1. The molecule has 1 aromatic carbocycles. The van der Waals surface area contributed by atoms with Crippen molar-refractivity contribution in [3.05, 3.63) is 39.7 Å². The number of ketones is 1. The fourth-order valence-electron chi connectivity index (χ4n) is 2.27. The monoisotopic (exact) mass is 356 g/mol. The van der Waals surface area contributed by atoms with E-state index in [2.05, 4.69) is 5.32 Å². The van der Waals surface area contributed by atoms with Gasteiger partial charge in [-0.2, -0.15) is 13.2 Å². The van der Waals surface area contributed by atoms with Gasteiger partial charge in [-0.15, -0.1) is 0 Å². The third kappa shape index (κ3) is 3.35. The number of pyridine rings is 1. The predicted molar refractivity (Wildman–Crippen MR) is 83.5 cm³/mol. The Bertz CT molecular complexity index is 932. The lowest BCUT2D eigenvalue weighted by atomic mass is 10.1. The Morgan fingerprint density at radius 1 is 1.28 bits per heavy atom. The average Bonchev–Trinajstić information content (AvgIpc) is 2.51. The van der Waals surface area contributed by atoms with Crippen LogP contribution in [-0.2, 0) is 18.0 Å². The Morgan fingerprint density at radius 3 is 2.40 bits per heavy atom. The van der Waals surface area contributed by atoms with Crippen LogP contribution in [0.5, 0.6) is 5.75 Å². The lowest BCUT2D eigenvalue weighted by Gasteiger charge is -2.15. The molecule has 1 amide bonds. The summed E-state index contributed by atoms with van der Waals surface area (Å²) in [4.78, 5) is 35.8. The quantitative estimate of drug-likeness (QED) is 0.880. The van der Waals surface area contributed by atoms with Crippen LogP contribution in [0.1, 0.15) is 29.8 Å². The predicted octanol–water partition coefficient (Wildman–Crippen LogP) is 1.97. The molecule has 2 N–H and O–H groups in total. The molecule has 0 aliphatic carbocycles. The Hall–Kier alpha value is -2.84. The fraction of sp³-hybridized carbons (Fsp3) is 0.312. The standard InChI is InChI=1S/C16H15F3N2O4/c1-7(8(2)22)20-14(24)12-13(23)10-5-4-9(16(17,18)19)6-11(10)21(3)15(12)25/h4-7,23H,1-3H3,(H,20,24)/t7-/m1/s1. The summed E-state index contributed by atoms with van der Waals surface area (Å²) in [5, 5.41) is 12.4. The van der Waals surface area contributed by atoms with Crippen molar-refractivity contribution < 1.29 is 27.9 Å². The first-order valence-corrected chi connectivity index (χ1v) is 7.19. The largest absolute Gasteiger partial charge is 0.506 e. The normalized spacial score (nSPS) is 12.9. The third-order valence-electron chi connectivity index (χ3n) is 3.88. The number of rotatable bonds is 3. The van der Waals surface area contributed by atoms with Gasteiger partial charge in [0.25, 0.3) is 11.5 Å². The fourth-order valence-corrected chi connectivity index (χ4v) is 2.27. The molecule has 0 radical (unpaired) electrons. The smallest absolute Gasteiger partial charge is 0.416 e. The molecule has 2 aromatic rings. The van der Waals surface area contributed by atoms with E-state index in [-0.39, 0.29) is 16.7 Å². The van der Waals surface area contributed by atoms with Crippen molar-refractivity contribution in [3.63, 3.8) is 0 Å². The summed E-state index contributed by atoms with van der Waals surface area (Å²) in [6, 6.07) is 1.56. The molecule has 0 fully saturated rings. The van der Waals surface area contributed by atoms with Crippen LogP contribution in [0.2, 0.25) is 0 Å². The van der Waals surface area contributed by atoms with Crippen LogP contribution >= 0.6 is 0 Å². The van der Waals surface area contributed by atoms with Crippen LogP contribution in [0.3, 0.4) is 0 Å². The maximum absolute atomic E-state index is 12.8. The number of Topliss-reactive ketones (excluding diaryl/α,β-unsaturated/α-hetero) is 1. The molecule has 6 nitrogen and oxygen atoms in total. The number of aryl methyl sites for hydroxylation is 1. The first kappa shape index (κ1) is 18.5. The van der Waals surface area contributed by atoms with Gasteiger partial charge < -0.3 is 15.0 Å². The molecule has 2 rings (SSSR count). The van der Waals surface area contributed by atoms with Gasteiger partial charge in [0.15, 0.2) is 5.78 Å². The summed E-state index contributed by atoms with van der Waals surface area (Å²) in [6.07, 6.45) is -4.62. The first-order chi connectivity index (χ1) is 11.4. The minimum Gasteiger partial charge on any atom is -0.506 e. The molecular formula is C16H15F3N2O4. The van der Waals surface area contributed by atoms with E-state index in [9.17, 15) is 32.7 Å². The molecular weight excluding hydrogens is 341 g/mol. The van der Waals surface area contributed by atoms with Gasteiger partial charge in [-0.05, 0) is 32.0 Å². The van der Waals surface area contributed by atoms with E-state index < -0.39 is 40.6 Å². The number of benzene rings is 1. The highest BCUT2D eigenvalue weighted by Gasteiger charge is 2.31. The second-order valence-electron chi connectivity index (χ2n) is 5.62. The second-order valence-corrected chi connectivity index (χ2v) is 5.62. The third-order valence-corrected chi connectivity index (χ3v) is 3.88. The number of alkyl halides is 3. The highest BCUT2D eigenvalue weighted by molar-refractivity contribution is 6.03. The van der Waals surface area contributed by atoms with Gasteiger partial charge in [0.05, 0.1) is 17.1 Å². The van der Waals surface area contributed by atoms with E-state index in [4.69, 9.17) is 0 Å². The van der Waals surface area contributed by atoms with Crippen LogP contribution in [0.15, 0.2) is 23.0 Å². The van der Waals surface area contributed by atoms with E-state index in [0.29, 0.717) is 0 Å². The SMILES string of the molecule is CC(=O)[C@@H](C)NC(=O)c1c(O)c2ccc(C(F)(F)F)cc2n(C)c1=O. The Morgan fingerprint density at radius 2 is 1.88 bits per heavy atom. The lowest BCUT2D eigenvalue weighted by molar-refractivity contribution is -0.137. The number of amides is 1. The van der Waals surface area contributed by atoms with E-state index in [0.717, 1.165) is 22.8 Å². The van der Waals surface area contributed by atoms with Gasteiger partial charge in [-0.3, -0.25) is 14.4 Å². The number of hydrogen-bond donors (Lipinski definition) is 2. The molecule has 9 heteroatoms. The summed E-state index contributed by atoms with van der Waals surface area (Å²) in [5.74, 6) is -2.08. The summed E-state index contributed by atoms with van der Waals surface area (Å²) < 4.78 is 39.3. The van der Waals surface area contributed by atoms with Crippen LogP contribution < -0.4 is 10.9 Å². The zero-order valence-corrected chi connectivity index (χ0v) is 13.6. The Kier molecular flexibility index (Phi) is 4.61. The Balaban J connectivity index is 2.67. The Labute approximate surface area is 139 Å². The van der Waals surface area contributed by atoms with Gasteiger partial charge >= 0.3 is 6.18 Å². The van der Waals surface area contributed by atoms with Crippen LogP contribution in [0.25, 0.3) is 10.9 Å². The molecule has 1 heterocycles. The number of nitrogens with zero attached hydrogens (tertiary/aromatic N) is 1. The van der Waals surface area contributed by atoms with Crippen LogP contribution in [0.4, 0.5) is 13.2 Å². The molecule has 0 unspecified atom stereocenters. The summed E-state index contributed by atoms with van der Waals surface area (Å²) in [7, 11) is 1.19. The van der Waals surface area contributed by atoms with Crippen molar-refractivity contribution in [2.45, 2.75) is 26.1 Å². The lowest BCUT2D eigenvalue weighted by Crippen LogP contribution is -2.40. The van der Waals surface area contributed by atoms with E-state index >= 15 is 0 Å². The van der Waals surface area contributed by atoms with Crippen molar-refractivity contribution in [2.24, 2.45) is 7.05 Å². The maximum atomic E-state index is 12.8.